The molecule has 8 heteroatoms. The van der Waals surface area contributed by atoms with Crippen LogP contribution in [0.2, 0.25) is 0 Å². The minimum atomic E-state index is -0.156. The Hall–Kier alpha value is -3.91. The monoisotopic (exact) mass is 497 g/mol. The Morgan fingerprint density at radius 3 is 2.42 bits per heavy atom. The van der Waals surface area contributed by atoms with E-state index in [4.69, 9.17) is 0 Å². The largest absolute Gasteiger partial charge is 0.349 e. The van der Waals surface area contributed by atoms with Gasteiger partial charge >= 0.3 is 0 Å². The standard InChI is InChI=1S/C28H27N5O2S/c1-17-13-18(2)15-21(14-17)32-26(35)23-11-7-8-12-24(23)33-27(32)30-31-28(33)36-16-25(34)29-20(4)22-10-6-5-9-19(22)3/h5-15,20H,16H2,1-4H3,(H,29,34)/t20-/m0/s1. The van der Waals surface area contributed by atoms with Crippen molar-refractivity contribution < 1.29 is 4.79 Å². The zero-order valence-corrected chi connectivity index (χ0v) is 21.5. The van der Waals surface area contributed by atoms with Gasteiger partial charge in [-0.3, -0.25) is 14.0 Å². The summed E-state index contributed by atoms with van der Waals surface area (Å²) in [6.07, 6.45) is 0. The predicted molar refractivity (Wildman–Crippen MR) is 144 cm³/mol. The van der Waals surface area contributed by atoms with Crippen molar-refractivity contribution in [1.29, 1.82) is 0 Å². The molecule has 0 bridgehead atoms. The molecule has 36 heavy (non-hydrogen) atoms. The zero-order valence-electron chi connectivity index (χ0n) is 20.6. The number of carbonyl (C=O) groups excluding carboxylic acids is 1. The topological polar surface area (TPSA) is 81.3 Å². The number of thioether (sulfide) groups is 1. The summed E-state index contributed by atoms with van der Waals surface area (Å²) in [6.45, 7) is 8.02. The van der Waals surface area contributed by atoms with Crippen molar-refractivity contribution in [1.82, 2.24) is 24.5 Å². The fourth-order valence-corrected chi connectivity index (χ4v) is 5.40. The van der Waals surface area contributed by atoms with E-state index in [1.807, 2.05) is 86.7 Å². The summed E-state index contributed by atoms with van der Waals surface area (Å²) in [4.78, 5) is 26.3. The van der Waals surface area contributed by atoms with Crippen LogP contribution in [0.5, 0.6) is 0 Å². The Labute approximate surface area is 213 Å². The molecule has 2 heterocycles. The van der Waals surface area contributed by atoms with E-state index in [0.29, 0.717) is 21.8 Å². The summed E-state index contributed by atoms with van der Waals surface area (Å²) in [5, 5.41) is 12.9. The maximum Gasteiger partial charge on any atom is 0.267 e. The molecule has 0 aliphatic rings. The fourth-order valence-electron chi connectivity index (χ4n) is 4.65. The lowest BCUT2D eigenvalue weighted by Crippen LogP contribution is -2.28. The van der Waals surface area contributed by atoms with E-state index in [0.717, 1.165) is 27.9 Å². The molecule has 0 radical (unpaired) electrons. The lowest BCUT2D eigenvalue weighted by molar-refractivity contribution is -0.119. The minimum absolute atomic E-state index is 0.0977. The van der Waals surface area contributed by atoms with Crippen LogP contribution in [0, 0.1) is 20.8 Å². The van der Waals surface area contributed by atoms with Crippen molar-refractivity contribution in [3.63, 3.8) is 0 Å². The van der Waals surface area contributed by atoms with Gasteiger partial charge in [0.15, 0.2) is 5.16 Å². The third kappa shape index (κ3) is 4.40. The molecule has 2 aromatic heterocycles. The summed E-state index contributed by atoms with van der Waals surface area (Å²) in [7, 11) is 0. The Bertz CT molecular complexity index is 1650. The second-order valence-electron chi connectivity index (χ2n) is 9.06. The van der Waals surface area contributed by atoms with Crippen LogP contribution in [-0.2, 0) is 4.79 Å². The fraction of sp³-hybridized carbons (Fsp3) is 0.214. The summed E-state index contributed by atoms with van der Waals surface area (Å²) in [5.41, 5.74) is 5.62. The number of para-hydroxylation sites is 1. The highest BCUT2D eigenvalue weighted by Gasteiger charge is 2.19. The third-order valence-corrected chi connectivity index (χ3v) is 7.15. The number of aromatic nitrogens is 4. The molecule has 1 N–H and O–H groups in total. The van der Waals surface area contributed by atoms with Crippen LogP contribution in [0.1, 0.15) is 35.2 Å². The number of amides is 1. The lowest BCUT2D eigenvalue weighted by Gasteiger charge is -2.16. The number of hydrogen-bond donors (Lipinski definition) is 1. The van der Waals surface area contributed by atoms with Gasteiger partial charge in [0, 0.05) is 0 Å². The maximum atomic E-state index is 13.5. The summed E-state index contributed by atoms with van der Waals surface area (Å²) < 4.78 is 3.46. The number of aryl methyl sites for hydroxylation is 3. The first kappa shape index (κ1) is 23.8. The van der Waals surface area contributed by atoms with Crippen molar-refractivity contribution in [3.05, 3.63) is 99.3 Å². The SMILES string of the molecule is Cc1cc(C)cc(-n2c(=O)c3ccccc3n3c(SCC(=O)N[C@@H](C)c4ccccc4C)nnc23)c1. The highest BCUT2D eigenvalue weighted by molar-refractivity contribution is 7.99. The van der Waals surface area contributed by atoms with Crippen LogP contribution in [-0.4, -0.2) is 30.8 Å². The van der Waals surface area contributed by atoms with Crippen molar-refractivity contribution in [2.24, 2.45) is 0 Å². The molecule has 5 aromatic rings. The van der Waals surface area contributed by atoms with Gasteiger partial charge in [-0.05, 0) is 74.2 Å². The zero-order chi connectivity index (χ0) is 25.4. The Kier molecular flexibility index (Phi) is 6.36. The van der Waals surface area contributed by atoms with Crippen LogP contribution < -0.4 is 10.9 Å². The minimum Gasteiger partial charge on any atom is -0.349 e. The van der Waals surface area contributed by atoms with Gasteiger partial charge in [-0.15, -0.1) is 10.2 Å². The Balaban J connectivity index is 1.51. The molecular formula is C28H27N5O2S. The molecule has 0 fully saturated rings. The number of nitrogens with zero attached hydrogens (tertiary/aromatic N) is 4. The van der Waals surface area contributed by atoms with Crippen LogP contribution >= 0.6 is 11.8 Å². The van der Waals surface area contributed by atoms with Gasteiger partial charge in [-0.1, -0.05) is 54.2 Å². The van der Waals surface area contributed by atoms with Gasteiger partial charge in [-0.25, -0.2) is 4.57 Å². The van der Waals surface area contributed by atoms with Crippen molar-refractivity contribution >= 4 is 34.3 Å². The third-order valence-electron chi connectivity index (χ3n) is 6.22. The quantitative estimate of drug-likeness (QED) is 0.337. The number of nitrogens with one attached hydrogen (secondary N) is 1. The molecule has 0 saturated carbocycles. The summed E-state index contributed by atoms with van der Waals surface area (Å²) >= 11 is 1.30. The maximum absolute atomic E-state index is 13.5. The van der Waals surface area contributed by atoms with Crippen LogP contribution in [0.25, 0.3) is 22.4 Å². The van der Waals surface area contributed by atoms with Gasteiger partial charge < -0.3 is 5.32 Å². The summed E-state index contributed by atoms with van der Waals surface area (Å²) in [6, 6.07) is 21.3. The molecule has 1 amide bonds. The van der Waals surface area contributed by atoms with Crippen molar-refractivity contribution in [3.8, 4) is 5.69 Å². The number of hydrogen-bond acceptors (Lipinski definition) is 5. The molecule has 7 nitrogen and oxygen atoms in total. The smallest absolute Gasteiger partial charge is 0.267 e. The van der Waals surface area contributed by atoms with E-state index in [9.17, 15) is 9.59 Å². The van der Waals surface area contributed by atoms with E-state index >= 15 is 0 Å². The molecule has 0 unspecified atom stereocenters. The van der Waals surface area contributed by atoms with Crippen LogP contribution in [0.4, 0.5) is 0 Å². The molecule has 0 aliphatic carbocycles. The van der Waals surface area contributed by atoms with Crippen molar-refractivity contribution in [2.45, 2.75) is 38.9 Å². The number of fused-ring (bicyclic) bond motifs is 3. The summed E-state index contributed by atoms with van der Waals surface area (Å²) in [5.74, 6) is 0.493. The highest BCUT2D eigenvalue weighted by Crippen LogP contribution is 2.24. The number of carbonyl (C=O) groups is 1. The Morgan fingerprint density at radius 1 is 0.972 bits per heavy atom. The van der Waals surface area contributed by atoms with Gasteiger partial charge in [0.1, 0.15) is 0 Å². The van der Waals surface area contributed by atoms with Gasteiger partial charge in [-0.2, -0.15) is 0 Å². The average Bonchev–Trinajstić information content (AvgIpc) is 3.26. The molecule has 1 atom stereocenters. The second-order valence-corrected chi connectivity index (χ2v) is 10.00. The van der Waals surface area contributed by atoms with E-state index < -0.39 is 0 Å². The molecule has 0 saturated heterocycles. The molecule has 0 spiro atoms. The number of benzene rings is 3. The van der Waals surface area contributed by atoms with E-state index in [1.165, 1.54) is 11.8 Å². The normalized spacial score (nSPS) is 12.2. The van der Waals surface area contributed by atoms with Crippen LogP contribution in [0.3, 0.4) is 0 Å². The van der Waals surface area contributed by atoms with Gasteiger partial charge in [0.2, 0.25) is 11.7 Å². The first-order valence-electron chi connectivity index (χ1n) is 11.8. The highest BCUT2D eigenvalue weighted by atomic mass is 32.2. The Morgan fingerprint density at radius 2 is 1.67 bits per heavy atom. The number of rotatable bonds is 6. The molecule has 3 aromatic carbocycles. The van der Waals surface area contributed by atoms with Crippen molar-refractivity contribution in [2.75, 3.05) is 5.75 Å². The molecular weight excluding hydrogens is 470 g/mol. The van der Waals surface area contributed by atoms with E-state index in [-0.39, 0.29) is 23.3 Å². The predicted octanol–water partition coefficient (Wildman–Crippen LogP) is 4.93. The molecule has 182 valence electrons. The van der Waals surface area contributed by atoms with E-state index in [2.05, 4.69) is 21.6 Å². The lowest BCUT2D eigenvalue weighted by atomic mass is 10.0. The average molecular weight is 498 g/mol. The van der Waals surface area contributed by atoms with E-state index in [1.54, 1.807) is 10.6 Å². The van der Waals surface area contributed by atoms with Crippen LogP contribution in [0.15, 0.2) is 76.7 Å². The first-order valence-corrected chi connectivity index (χ1v) is 12.8. The second kappa shape index (κ2) is 9.62. The molecule has 5 rings (SSSR count). The van der Waals surface area contributed by atoms with Gasteiger partial charge in [0.25, 0.3) is 5.56 Å². The van der Waals surface area contributed by atoms with Gasteiger partial charge in [0.05, 0.1) is 28.4 Å². The molecule has 0 aliphatic heterocycles. The first-order chi connectivity index (χ1) is 17.3.